The molecule has 144 valence electrons. The lowest BCUT2D eigenvalue weighted by Gasteiger charge is -2.36. The summed E-state index contributed by atoms with van der Waals surface area (Å²) in [4.78, 5) is 17.2. The maximum atomic E-state index is 12.3. The van der Waals surface area contributed by atoms with Crippen molar-refractivity contribution in [2.24, 2.45) is 0 Å². The van der Waals surface area contributed by atoms with Gasteiger partial charge in [0.15, 0.2) is 0 Å². The number of rotatable bonds is 6. The molecule has 1 aliphatic rings. The van der Waals surface area contributed by atoms with Gasteiger partial charge in [-0.05, 0) is 55.3 Å². The third-order valence-corrected chi connectivity index (χ3v) is 5.40. The standard InChI is InChI=1S/C22H28ClN3O/c1-3-17(2)24-22(27)19-6-4-5-18(15-19)16-25-11-13-26(14-12-25)21-9-7-20(23)8-10-21/h4-10,15,17H,3,11-14,16H2,1-2H3,(H,24,27). The van der Waals surface area contributed by atoms with Crippen LogP contribution in [0.1, 0.15) is 36.2 Å². The Morgan fingerprint density at radius 1 is 1.11 bits per heavy atom. The summed E-state index contributed by atoms with van der Waals surface area (Å²) in [7, 11) is 0. The molecule has 2 aromatic carbocycles. The van der Waals surface area contributed by atoms with E-state index in [1.807, 2.05) is 37.3 Å². The Balaban J connectivity index is 1.55. The van der Waals surface area contributed by atoms with Gasteiger partial charge >= 0.3 is 0 Å². The average Bonchev–Trinajstić information content (AvgIpc) is 2.69. The number of nitrogens with zero attached hydrogens (tertiary/aromatic N) is 2. The Morgan fingerprint density at radius 2 is 1.81 bits per heavy atom. The van der Waals surface area contributed by atoms with Crippen molar-refractivity contribution in [2.75, 3.05) is 31.1 Å². The molecule has 4 nitrogen and oxygen atoms in total. The summed E-state index contributed by atoms with van der Waals surface area (Å²) in [5, 5.41) is 3.81. The van der Waals surface area contributed by atoms with Crippen molar-refractivity contribution in [3.63, 3.8) is 0 Å². The van der Waals surface area contributed by atoms with E-state index in [9.17, 15) is 4.79 Å². The van der Waals surface area contributed by atoms with E-state index in [-0.39, 0.29) is 11.9 Å². The van der Waals surface area contributed by atoms with E-state index in [0.717, 1.165) is 49.7 Å². The molecule has 1 saturated heterocycles. The first kappa shape index (κ1) is 19.7. The second-order valence-electron chi connectivity index (χ2n) is 7.22. The van der Waals surface area contributed by atoms with Crippen LogP contribution in [0.5, 0.6) is 0 Å². The highest BCUT2D eigenvalue weighted by atomic mass is 35.5. The molecule has 1 aliphatic heterocycles. The van der Waals surface area contributed by atoms with Crippen LogP contribution in [-0.2, 0) is 6.54 Å². The maximum absolute atomic E-state index is 12.3. The molecule has 1 unspecified atom stereocenters. The fraction of sp³-hybridized carbons (Fsp3) is 0.409. The number of hydrogen-bond acceptors (Lipinski definition) is 3. The van der Waals surface area contributed by atoms with Gasteiger partial charge in [0.05, 0.1) is 0 Å². The molecule has 1 N–H and O–H groups in total. The molecule has 1 fully saturated rings. The molecule has 5 heteroatoms. The number of benzene rings is 2. The van der Waals surface area contributed by atoms with Crippen molar-refractivity contribution in [3.05, 3.63) is 64.7 Å². The lowest BCUT2D eigenvalue weighted by molar-refractivity contribution is 0.0939. The van der Waals surface area contributed by atoms with E-state index >= 15 is 0 Å². The van der Waals surface area contributed by atoms with Crippen molar-refractivity contribution in [1.29, 1.82) is 0 Å². The van der Waals surface area contributed by atoms with Crippen LogP contribution in [-0.4, -0.2) is 43.0 Å². The number of amides is 1. The van der Waals surface area contributed by atoms with Crippen LogP contribution in [0.25, 0.3) is 0 Å². The predicted molar refractivity (Wildman–Crippen MR) is 113 cm³/mol. The highest BCUT2D eigenvalue weighted by molar-refractivity contribution is 6.30. The molecular weight excluding hydrogens is 358 g/mol. The lowest BCUT2D eigenvalue weighted by atomic mass is 10.1. The van der Waals surface area contributed by atoms with Gasteiger partial charge in [0.1, 0.15) is 0 Å². The van der Waals surface area contributed by atoms with Crippen LogP contribution in [0.3, 0.4) is 0 Å². The van der Waals surface area contributed by atoms with Gasteiger partial charge < -0.3 is 10.2 Å². The molecule has 0 bridgehead atoms. The molecule has 0 aliphatic carbocycles. The van der Waals surface area contributed by atoms with E-state index in [0.29, 0.717) is 0 Å². The minimum atomic E-state index is 0.0127. The van der Waals surface area contributed by atoms with Crippen molar-refractivity contribution in [3.8, 4) is 0 Å². The minimum absolute atomic E-state index is 0.0127. The molecule has 3 rings (SSSR count). The number of carbonyl (C=O) groups excluding carboxylic acids is 1. The van der Waals surface area contributed by atoms with E-state index < -0.39 is 0 Å². The topological polar surface area (TPSA) is 35.6 Å². The lowest BCUT2D eigenvalue weighted by Crippen LogP contribution is -2.46. The third-order valence-electron chi connectivity index (χ3n) is 5.15. The van der Waals surface area contributed by atoms with E-state index in [1.54, 1.807) is 0 Å². The smallest absolute Gasteiger partial charge is 0.251 e. The van der Waals surface area contributed by atoms with Crippen LogP contribution < -0.4 is 10.2 Å². The molecule has 27 heavy (non-hydrogen) atoms. The zero-order valence-corrected chi connectivity index (χ0v) is 16.9. The van der Waals surface area contributed by atoms with Gasteiger partial charge in [-0.25, -0.2) is 0 Å². The Morgan fingerprint density at radius 3 is 2.48 bits per heavy atom. The van der Waals surface area contributed by atoms with Gasteiger partial charge in [-0.1, -0.05) is 30.7 Å². The highest BCUT2D eigenvalue weighted by Crippen LogP contribution is 2.20. The summed E-state index contributed by atoms with van der Waals surface area (Å²) in [6, 6.07) is 16.2. The Labute approximate surface area is 167 Å². The summed E-state index contributed by atoms with van der Waals surface area (Å²) < 4.78 is 0. The molecule has 2 aromatic rings. The van der Waals surface area contributed by atoms with Crippen LogP contribution in [0, 0.1) is 0 Å². The summed E-state index contributed by atoms with van der Waals surface area (Å²) in [5.41, 5.74) is 3.15. The summed E-state index contributed by atoms with van der Waals surface area (Å²) >= 11 is 5.98. The number of nitrogens with one attached hydrogen (secondary N) is 1. The van der Waals surface area contributed by atoms with Crippen molar-refractivity contribution in [1.82, 2.24) is 10.2 Å². The average molecular weight is 386 g/mol. The van der Waals surface area contributed by atoms with E-state index in [4.69, 9.17) is 11.6 Å². The number of carbonyl (C=O) groups is 1. The first-order valence-corrected chi connectivity index (χ1v) is 10.1. The molecule has 0 saturated carbocycles. The Hall–Kier alpha value is -2.04. The largest absolute Gasteiger partial charge is 0.369 e. The zero-order chi connectivity index (χ0) is 19.2. The fourth-order valence-corrected chi connectivity index (χ4v) is 3.42. The molecule has 0 spiro atoms. The van der Waals surface area contributed by atoms with Gasteiger partial charge in [0.2, 0.25) is 0 Å². The van der Waals surface area contributed by atoms with Gasteiger partial charge in [-0.15, -0.1) is 0 Å². The normalized spacial score (nSPS) is 16.2. The molecule has 1 amide bonds. The summed E-state index contributed by atoms with van der Waals surface area (Å²) in [5.74, 6) is 0.0127. The number of halogens is 1. The minimum Gasteiger partial charge on any atom is -0.369 e. The first-order chi connectivity index (χ1) is 13.0. The van der Waals surface area contributed by atoms with Crippen LogP contribution in [0.15, 0.2) is 48.5 Å². The van der Waals surface area contributed by atoms with E-state index in [1.165, 1.54) is 11.3 Å². The maximum Gasteiger partial charge on any atom is 0.251 e. The SMILES string of the molecule is CCC(C)NC(=O)c1cccc(CN2CCN(c3ccc(Cl)cc3)CC2)c1. The van der Waals surface area contributed by atoms with Gasteiger partial charge in [0, 0.05) is 55.0 Å². The highest BCUT2D eigenvalue weighted by Gasteiger charge is 2.18. The monoisotopic (exact) mass is 385 g/mol. The van der Waals surface area contributed by atoms with E-state index in [2.05, 4.69) is 40.2 Å². The Bertz CT molecular complexity index is 754. The quantitative estimate of drug-likeness (QED) is 0.809. The van der Waals surface area contributed by atoms with Crippen LogP contribution >= 0.6 is 11.6 Å². The number of anilines is 1. The summed E-state index contributed by atoms with van der Waals surface area (Å²) in [6.45, 7) is 8.98. The predicted octanol–water partition coefficient (Wildman–Crippen LogP) is 4.19. The number of hydrogen-bond donors (Lipinski definition) is 1. The summed E-state index contributed by atoms with van der Waals surface area (Å²) in [6.07, 6.45) is 0.934. The molecular formula is C22H28ClN3O. The second-order valence-corrected chi connectivity index (χ2v) is 7.66. The van der Waals surface area contributed by atoms with Gasteiger partial charge in [-0.3, -0.25) is 9.69 Å². The van der Waals surface area contributed by atoms with Crippen LogP contribution in [0.2, 0.25) is 5.02 Å². The molecule has 1 atom stereocenters. The fourth-order valence-electron chi connectivity index (χ4n) is 3.29. The zero-order valence-electron chi connectivity index (χ0n) is 16.1. The van der Waals surface area contributed by atoms with Crippen LogP contribution in [0.4, 0.5) is 5.69 Å². The van der Waals surface area contributed by atoms with Crippen molar-refractivity contribution < 1.29 is 4.79 Å². The van der Waals surface area contributed by atoms with Crippen molar-refractivity contribution >= 4 is 23.2 Å². The van der Waals surface area contributed by atoms with Gasteiger partial charge in [-0.2, -0.15) is 0 Å². The Kier molecular flexibility index (Phi) is 6.75. The molecule has 0 aromatic heterocycles. The van der Waals surface area contributed by atoms with Gasteiger partial charge in [0.25, 0.3) is 5.91 Å². The number of piperazine rings is 1. The third kappa shape index (κ3) is 5.47. The van der Waals surface area contributed by atoms with Crippen molar-refractivity contribution in [2.45, 2.75) is 32.9 Å². The molecule has 1 heterocycles. The first-order valence-electron chi connectivity index (χ1n) is 9.68. The molecule has 0 radical (unpaired) electrons. The second kappa shape index (κ2) is 9.25.